The molecule has 1 N–H and O–H groups in total. The van der Waals surface area contributed by atoms with E-state index in [0.29, 0.717) is 18.2 Å². The first-order chi connectivity index (χ1) is 10.2. The summed E-state index contributed by atoms with van der Waals surface area (Å²) in [5, 5.41) is 1.95. The standard InChI is InChI=1S/C15H15F6NO/c1-13(2,3)12(23)8-11(15(19,20)21)22-10-6-4-9(5-7-10)14(16,17)18/h4-8,22H,1-3H3/b11-8+. The van der Waals surface area contributed by atoms with Gasteiger partial charge in [0.05, 0.1) is 5.56 Å². The van der Waals surface area contributed by atoms with E-state index in [1.807, 2.05) is 5.32 Å². The van der Waals surface area contributed by atoms with Crippen molar-refractivity contribution >= 4 is 11.5 Å². The highest BCUT2D eigenvalue weighted by Crippen LogP contribution is 2.32. The topological polar surface area (TPSA) is 29.1 Å². The van der Waals surface area contributed by atoms with E-state index in [-0.39, 0.29) is 5.69 Å². The van der Waals surface area contributed by atoms with E-state index < -0.39 is 34.8 Å². The molecule has 0 saturated heterocycles. The first-order valence-corrected chi connectivity index (χ1v) is 6.49. The summed E-state index contributed by atoms with van der Waals surface area (Å²) in [5.41, 5.74) is -3.54. The number of carbonyl (C=O) groups excluding carboxylic acids is 1. The number of hydrogen-bond acceptors (Lipinski definition) is 2. The van der Waals surface area contributed by atoms with Crippen LogP contribution in [0.5, 0.6) is 0 Å². The second-order valence-electron chi connectivity index (χ2n) is 5.87. The molecular weight excluding hydrogens is 324 g/mol. The smallest absolute Gasteiger partial charge is 0.351 e. The first kappa shape index (κ1) is 19.1. The van der Waals surface area contributed by atoms with Gasteiger partial charge in [-0.15, -0.1) is 0 Å². The summed E-state index contributed by atoms with van der Waals surface area (Å²) >= 11 is 0. The zero-order chi connectivity index (χ0) is 18.1. The number of ketones is 1. The minimum absolute atomic E-state index is 0.205. The molecule has 0 spiro atoms. The molecule has 0 aliphatic rings. The Hall–Kier alpha value is -1.99. The van der Waals surface area contributed by atoms with Crippen LogP contribution in [0.25, 0.3) is 0 Å². The Labute approximate surface area is 129 Å². The summed E-state index contributed by atoms with van der Waals surface area (Å²) in [5.74, 6) is -0.760. The lowest BCUT2D eigenvalue weighted by Gasteiger charge is -2.18. The van der Waals surface area contributed by atoms with Gasteiger partial charge in [0.1, 0.15) is 5.70 Å². The van der Waals surface area contributed by atoms with Crippen LogP contribution in [0, 0.1) is 5.41 Å². The summed E-state index contributed by atoms with van der Waals surface area (Å²) in [7, 11) is 0. The van der Waals surface area contributed by atoms with Crippen molar-refractivity contribution in [3.8, 4) is 0 Å². The summed E-state index contributed by atoms with van der Waals surface area (Å²) < 4.78 is 76.1. The van der Waals surface area contributed by atoms with E-state index in [1.54, 1.807) is 0 Å². The number of hydrogen-bond donors (Lipinski definition) is 1. The molecule has 1 aromatic carbocycles. The van der Waals surface area contributed by atoms with Crippen molar-refractivity contribution in [1.82, 2.24) is 0 Å². The number of carbonyl (C=O) groups is 1. The fourth-order valence-corrected chi connectivity index (χ4v) is 1.43. The number of allylic oxidation sites excluding steroid dienone is 2. The molecule has 23 heavy (non-hydrogen) atoms. The Balaban J connectivity index is 3.09. The third-order valence-electron chi connectivity index (χ3n) is 2.81. The van der Waals surface area contributed by atoms with Gasteiger partial charge in [0.2, 0.25) is 0 Å². The van der Waals surface area contributed by atoms with Gasteiger partial charge >= 0.3 is 12.4 Å². The van der Waals surface area contributed by atoms with Crippen molar-refractivity contribution in [3.63, 3.8) is 0 Å². The predicted molar refractivity (Wildman–Crippen MR) is 73.7 cm³/mol. The minimum Gasteiger partial charge on any atom is -0.351 e. The second-order valence-corrected chi connectivity index (χ2v) is 5.87. The Morgan fingerprint density at radius 3 is 1.78 bits per heavy atom. The van der Waals surface area contributed by atoms with Gasteiger partial charge in [-0.05, 0) is 24.3 Å². The van der Waals surface area contributed by atoms with Crippen LogP contribution in [-0.2, 0) is 11.0 Å². The molecule has 0 saturated carbocycles. The van der Waals surface area contributed by atoms with Crippen molar-refractivity contribution in [2.24, 2.45) is 5.41 Å². The van der Waals surface area contributed by atoms with Crippen LogP contribution in [0.2, 0.25) is 0 Å². The molecule has 8 heteroatoms. The highest BCUT2D eigenvalue weighted by molar-refractivity contribution is 5.95. The van der Waals surface area contributed by atoms with Crippen LogP contribution < -0.4 is 5.32 Å². The molecule has 0 atom stereocenters. The van der Waals surface area contributed by atoms with Crippen LogP contribution in [0.1, 0.15) is 26.3 Å². The predicted octanol–water partition coefficient (Wildman–Crippen LogP) is 5.18. The molecule has 1 aromatic rings. The van der Waals surface area contributed by atoms with E-state index in [0.717, 1.165) is 12.1 Å². The maximum Gasteiger partial charge on any atom is 0.431 e. The maximum atomic E-state index is 13.0. The number of rotatable bonds is 3. The average molecular weight is 339 g/mol. The number of alkyl halides is 6. The van der Waals surface area contributed by atoms with Crippen molar-refractivity contribution in [1.29, 1.82) is 0 Å². The lowest BCUT2D eigenvalue weighted by Crippen LogP contribution is -2.24. The van der Waals surface area contributed by atoms with E-state index in [9.17, 15) is 31.1 Å². The van der Waals surface area contributed by atoms with E-state index >= 15 is 0 Å². The van der Waals surface area contributed by atoms with Crippen LogP contribution in [0.15, 0.2) is 36.0 Å². The molecule has 0 amide bonds. The van der Waals surface area contributed by atoms with Crippen molar-refractivity contribution < 1.29 is 31.1 Å². The summed E-state index contributed by atoms with van der Waals surface area (Å²) in [6.07, 6.45) is -9.01. The van der Waals surface area contributed by atoms with Gasteiger partial charge in [0.15, 0.2) is 5.78 Å². The van der Waals surface area contributed by atoms with Gasteiger partial charge in [-0.2, -0.15) is 26.3 Å². The zero-order valence-electron chi connectivity index (χ0n) is 12.6. The minimum atomic E-state index is -4.84. The summed E-state index contributed by atoms with van der Waals surface area (Å²) in [4.78, 5) is 11.7. The van der Waals surface area contributed by atoms with Crippen molar-refractivity contribution in [2.45, 2.75) is 33.1 Å². The van der Waals surface area contributed by atoms with Crippen molar-refractivity contribution in [3.05, 3.63) is 41.6 Å². The molecule has 0 unspecified atom stereocenters. The molecule has 0 radical (unpaired) electrons. The average Bonchev–Trinajstić information content (AvgIpc) is 2.35. The monoisotopic (exact) mass is 339 g/mol. The van der Waals surface area contributed by atoms with Crippen LogP contribution in [0.4, 0.5) is 32.0 Å². The Kier molecular flexibility index (Phi) is 5.18. The third-order valence-corrected chi connectivity index (χ3v) is 2.81. The van der Waals surface area contributed by atoms with Crippen LogP contribution in [0.3, 0.4) is 0 Å². The van der Waals surface area contributed by atoms with Gasteiger partial charge in [0.25, 0.3) is 0 Å². The Bertz CT molecular complexity index is 590. The van der Waals surface area contributed by atoms with E-state index in [1.165, 1.54) is 20.8 Å². The molecule has 2 nitrogen and oxygen atoms in total. The zero-order valence-corrected chi connectivity index (χ0v) is 12.6. The second kappa shape index (κ2) is 6.25. The van der Waals surface area contributed by atoms with E-state index in [4.69, 9.17) is 0 Å². The number of nitrogens with one attached hydrogen (secondary N) is 1. The highest BCUT2D eigenvalue weighted by Gasteiger charge is 2.36. The quantitative estimate of drug-likeness (QED) is 0.607. The Morgan fingerprint density at radius 1 is 0.957 bits per heavy atom. The normalized spacial score (nSPS) is 13.9. The third kappa shape index (κ3) is 5.61. The SMILES string of the molecule is CC(C)(C)C(=O)/C=C(/Nc1ccc(C(F)(F)F)cc1)C(F)(F)F. The molecule has 0 aliphatic carbocycles. The molecule has 128 valence electrons. The first-order valence-electron chi connectivity index (χ1n) is 6.49. The van der Waals surface area contributed by atoms with E-state index in [2.05, 4.69) is 0 Å². The lowest BCUT2D eigenvalue weighted by atomic mass is 9.90. The summed E-state index contributed by atoms with van der Waals surface area (Å²) in [6, 6.07) is 3.04. The van der Waals surface area contributed by atoms with Crippen molar-refractivity contribution in [2.75, 3.05) is 5.32 Å². The van der Waals surface area contributed by atoms with Crippen LogP contribution >= 0.6 is 0 Å². The number of anilines is 1. The van der Waals surface area contributed by atoms with Gasteiger partial charge in [0, 0.05) is 17.2 Å². The van der Waals surface area contributed by atoms with Gasteiger partial charge < -0.3 is 5.32 Å². The molecule has 0 fully saturated rings. The maximum absolute atomic E-state index is 13.0. The molecule has 0 aliphatic heterocycles. The van der Waals surface area contributed by atoms with Crippen LogP contribution in [-0.4, -0.2) is 12.0 Å². The number of benzene rings is 1. The molecule has 0 aromatic heterocycles. The lowest BCUT2D eigenvalue weighted by molar-refractivity contribution is -0.137. The molecule has 0 heterocycles. The summed E-state index contributed by atoms with van der Waals surface area (Å²) in [6.45, 7) is 4.37. The van der Waals surface area contributed by atoms with Gasteiger partial charge in [-0.3, -0.25) is 4.79 Å². The number of halogens is 6. The highest BCUT2D eigenvalue weighted by atomic mass is 19.4. The molecule has 1 rings (SSSR count). The van der Waals surface area contributed by atoms with Gasteiger partial charge in [-0.1, -0.05) is 20.8 Å². The fourth-order valence-electron chi connectivity index (χ4n) is 1.43. The molecular formula is C15H15F6NO. The van der Waals surface area contributed by atoms with Gasteiger partial charge in [-0.25, -0.2) is 0 Å². The Morgan fingerprint density at radius 2 is 1.43 bits per heavy atom. The molecule has 0 bridgehead atoms. The fraction of sp³-hybridized carbons (Fsp3) is 0.400. The largest absolute Gasteiger partial charge is 0.431 e.